The lowest BCUT2D eigenvalue weighted by molar-refractivity contribution is -0.138. The molecule has 0 bridgehead atoms. The molecule has 4 nitrogen and oxygen atoms in total. The van der Waals surface area contributed by atoms with Crippen molar-refractivity contribution in [2.45, 2.75) is 33.7 Å². The second-order valence-corrected chi connectivity index (χ2v) is 5.79. The largest absolute Gasteiger partial charge is 0.488 e. The van der Waals surface area contributed by atoms with Crippen molar-refractivity contribution in [2.24, 2.45) is 0 Å². The van der Waals surface area contributed by atoms with Crippen molar-refractivity contribution in [3.63, 3.8) is 0 Å². The first-order chi connectivity index (χ1) is 6.39. The van der Waals surface area contributed by atoms with Gasteiger partial charge in [-0.15, -0.1) is 0 Å². The molecule has 0 amide bonds. The summed E-state index contributed by atoms with van der Waals surface area (Å²) in [6.07, 6.45) is 2.64. The van der Waals surface area contributed by atoms with Gasteiger partial charge < -0.3 is 8.85 Å². The summed E-state index contributed by atoms with van der Waals surface area (Å²) in [5.41, 5.74) is 1.69. The minimum atomic E-state index is -2.78. The Morgan fingerprint density at radius 1 is 1.21 bits per heavy atom. The van der Waals surface area contributed by atoms with E-state index in [1.54, 1.807) is 12.2 Å². The summed E-state index contributed by atoms with van der Waals surface area (Å²) in [5.74, 6) is -0.859. The molecule has 0 radical (unpaired) electrons. The number of carbonyl (C=O) groups is 2. The summed E-state index contributed by atoms with van der Waals surface area (Å²) in [6, 6.07) is 0. The Labute approximate surface area is 85.1 Å². The van der Waals surface area contributed by atoms with Crippen LogP contribution in [0.5, 0.6) is 0 Å². The van der Waals surface area contributed by atoms with Crippen LogP contribution in [-0.2, 0) is 18.4 Å². The summed E-state index contributed by atoms with van der Waals surface area (Å²) in [5, 5.41) is 0. The molecule has 0 N–H and O–H groups in total. The van der Waals surface area contributed by atoms with Gasteiger partial charge in [0.15, 0.2) is 0 Å². The van der Waals surface area contributed by atoms with Gasteiger partial charge in [0, 0.05) is 20.4 Å². The maximum Gasteiger partial charge on any atom is 0.488 e. The SMILES string of the molecule is CCC=C[Si](C)(OC(C)=O)OC(C)=O. The van der Waals surface area contributed by atoms with Gasteiger partial charge in [0.2, 0.25) is 0 Å². The van der Waals surface area contributed by atoms with Crippen molar-refractivity contribution < 1.29 is 18.4 Å². The molecule has 0 aromatic rings. The molecule has 0 aliphatic carbocycles. The predicted molar refractivity (Wildman–Crippen MR) is 54.6 cm³/mol. The first-order valence-electron chi connectivity index (χ1n) is 4.46. The van der Waals surface area contributed by atoms with Gasteiger partial charge in [0.1, 0.15) is 0 Å². The average Bonchev–Trinajstić information content (AvgIpc) is 1.97. The van der Waals surface area contributed by atoms with E-state index in [1.165, 1.54) is 13.8 Å². The zero-order chi connectivity index (χ0) is 11.2. The third-order valence-electron chi connectivity index (χ3n) is 1.35. The maximum atomic E-state index is 10.8. The summed E-state index contributed by atoms with van der Waals surface area (Å²) in [4.78, 5) is 21.6. The fourth-order valence-corrected chi connectivity index (χ4v) is 2.97. The lowest BCUT2D eigenvalue weighted by Crippen LogP contribution is -2.40. The van der Waals surface area contributed by atoms with Crippen LogP contribution in [0.3, 0.4) is 0 Å². The highest BCUT2D eigenvalue weighted by atomic mass is 28.4. The van der Waals surface area contributed by atoms with Crippen LogP contribution in [0, 0.1) is 0 Å². The molecule has 14 heavy (non-hydrogen) atoms. The van der Waals surface area contributed by atoms with Crippen LogP contribution in [0.25, 0.3) is 0 Å². The molecule has 0 saturated carbocycles. The molecule has 80 valence electrons. The smallest absolute Gasteiger partial charge is 0.482 e. The van der Waals surface area contributed by atoms with Gasteiger partial charge >= 0.3 is 8.56 Å². The van der Waals surface area contributed by atoms with Gasteiger partial charge in [-0.3, -0.25) is 9.59 Å². The molecule has 0 fully saturated rings. The van der Waals surface area contributed by atoms with Crippen molar-refractivity contribution in [2.75, 3.05) is 0 Å². The van der Waals surface area contributed by atoms with Crippen LogP contribution < -0.4 is 0 Å². The first-order valence-corrected chi connectivity index (χ1v) is 6.86. The van der Waals surface area contributed by atoms with Gasteiger partial charge in [0.25, 0.3) is 11.9 Å². The molecule has 0 saturated heterocycles. The van der Waals surface area contributed by atoms with Gasteiger partial charge in [-0.2, -0.15) is 0 Å². The molecule has 0 atom stereocenters. The van der Waals surface area contributed by atoms with E-state index in [2.05, 4.69) is 0 Å². The van der Waals surface area contributed by atoms with E-state index in [0.717, 1.165) is 6.42 Å². The number of allylic oxidation sites excluding steroid dienone is 1. The molecule has 0 aromatic carbocycles. The minimum absolute atomic E-state index is 0.429. The Morgan fingerprint density at radius 3 is 1.93 bits per heavy atom. The Balaban J connectivity index is 4.56. The second kappa shape index (κ2) is 5.59. The van der Waals surface area contributed by atoms with Gasteiger partial charge in [-0.1, -0.05) is 13.0 Å². The molecular formula is C9H16O4Si. The normalized spacial score (nSPS) is 11.4. The molecule has 0 unspecified atom stereocenters. The Hall–Kier alpha value is -1.10. The molecule has 5 heteroatoms. The van der Waals surface area contributed by atoms with Crippen LogP contribution >= 0.6 is 0 Å². The van der Waals surface area contributed by atoms with Crippen molar-refractivity contribution in [1.29, 1.82) is 0 Å². The lowest BCUT2D eigenvalue weighted by Gasteiger charge is -2.21. The van der Waals surface area contributed by atoms with E-state index in [0.29, 0.717) is 0 Å². The maximum absolute atomic E-state index is 10.8. The second-order valence-electron chi connectivity index (χ2n) is 3.01. The third-order valence-corrected chi connectivity index (χ3v) is 3.58. The number of rotatable bonds is 4. The molecule has 0 rings (SSSR count). The van der Waals surface area contributed by atoms with E-state index >= 15 is 0 Å². The minimum Gasteiger partial charge on any atom is -0.482 e. The highest BCUT2D eigenvalue weighted by Crippen LogP contribution is 2.10. The van der Waals surface area contributed by atoms with E-state index < -0.39 is 20.5 Å². The predicted octanol–water partition coefficient (Wildman–Crippen LogP) is 1.69. The zero-order valence-electron chi connectivity index (χ0n) is 8.99. The lowest BCUT2D eigenvalue weighted by atomic mass is 10.5. The van der Waals surface area contributed by atoms with Gasteiger partial charge in [0.05, 0.1) is 0 Å². The van der Waals surface area contributed by atoms with E-state index in [9.17, 15) is 9.59 Å². The monoisotopic (exact) mass is 216 g/mol. The fourth-order valence-electron chi connectivity index (χ4n) is 0.992. The van der Waals surface area contributed by atoms with Crippen molar-refractivity contribution in [3.8, 4) is 0 Å². The number of hydrogen-bond acceptors (Lipinski definition) is 4. The van der Waals surface area contributed by atoms with Gasteiger partial charge in [-0.05, 0) is 12.1 Å². The molecule has 0 spiro atoms. The highest BCUT2D eigenvalue weighted by Gasteiger charge is 2.34. The molecular weight excluding hydrogens is 200 g/mol. The van der Waals surface area contributed by atoms with E-state index in [-0.39, 0.29) is 0 Å². The van der Waals surface area contributed by atoms with Crippen LogP contribution in [-0.4, -0.2) is 20.5 Å². The standard InChI is InChI=1S/C9H16O4Si/c1-5-6-7-14(4,12-8(2)10)13-9(3)11/h6-7H,5H2,1-4H3. The fraction of sp³-hybridized carbons (Fsp3) is 0.556. The van der Waals surface area contributed by atoms with Crippen molar-refractivity contribution in [3.05, 3.63) is 11.8 Å². The van der Waals surface area contributed by atoms with Crippen LogP contribution in [0.15, 0.2) is 11.8 Å². The summed E-state index contributed by atoms with van der Waals surface area (Å²) >= 11 is 0. The molecule has 0 aliphatic rings. The van der Waals surface area contributed by atoms with Gasteiger partial charge in [-0.25, -0.2) is 0 Å². The van der Waals surface area contributed by atoms with Crippen LogP contribution in [0.1, 0.15) is 27.2 Å². The Kier molecular flexibility index (Phi) is 5.15. The third kappa shape index (κ3) is 5.53. The Bertz CT molecular complexity index is 231. The quantitative estimate of drug-likeness (QED) is 0.671. The van der Waals surface area contributed by atoms with Crippen LogP contribution in [0.2, 0.25) is 6.55 Å². The first kappa shape index (κ1) is 12.9. The molecule has 0 heterocycles. The summed E-state index contributed by atoms with van der Waals surface area (Å²) in [6.45, 7) is 6.21. The topological polar surface area (TPSA) is 52.6 Å². The Morgan fingerprint density at radius 2 is 1.64 bits per heavy atom. The highest BCUT2D eigenvalue weighted by molar-refractivity contribution is 6.74. The molecule has 0 aliphatic heterocycles. The van der Waals surface area contributed by atoms with E-state index in [1.807, 2.05) is 13.0 Å². The van der Waals surface area contributed by atoms with Crippen molar-refractivity contribution >= 4 is 20.5 Å². The average molecular weight is 216 g/mol. The molecule has 0 aromatic heterocycles. The van der Waals surface area contributed by atoms with Crippen LogP contribution in [0.4, 0.5) is 0 Å². The van der Waals surface area contributed by atoms with E-state index in [4.69, 9.17) is 8.85 Å². The summed E-state index contributed by atoms with van der Waals surface area (Å²) < 4.78 is 10.0. The number of hydrogen-bond donors (Lipinski definition) is 0. The van der Waals surface area contributed by atoms with Crippen molar-refractivity contribution in [1.82, 2.24) is 0 Å². The number of carbonyl (C=O) groups excluding carboxylic acids is 2. The zero-order valence-corrected chi connectivity index (χ0v) is 9.99. The summed E-state index contributed by atoms with van der Waals surface area (Å²) in [7, 11) is -2.78.